The van der Waals surface area contributed by atoms with Gasteiger partial charge >= 0.3 is 0 Å². The van der Waals surface area contributed by atoms with Crippen molar-refractivity contribution >= 4 is 5.91 Å². The molecule has 0 atom stereocenters. The largest absolute Gasteiger partial charge is 0.364 e. The van der Waals surface area contributed by atoms with Crippen LogP contribution >= 0.6 is 0 Å². The van der Waals surface area contributed by atoms with E-state index in [-0.39, 0.29) is 12.6 Å². The lowest BCUT2D eigenvalue weighted by atomic mass is 10.2. The van der Waals surface area contributed by atoms with Gasteiger partial charge in [-0.1, -0.05) is 30.3 Å². The number of amides is 1. The first-order chi connectivity index (χ1) is 8.31. The highest BCUT2D eigenvalue weighted by atomic mass is 16.5. The fourth-order valence-corrected chi connectivity index (χ4v) is 1.55. The van der Waals surface area contributed by atoms with E-state index in [4.69, 9.17) is 4.74 Å². The fraction of sp³-hybridized carbons (Fsp3) is 0.154. The van der Waals surface area contributed by atoms with Gasteiger partial charge in [-0.05, 0) is 17.7 Å². The van der Waals surface area contributed by atoms with Crippen LogP contribution in [0.5, 0.6) is 0 Å². The minimum atomic E-state index is -0.172. The predicted molar refractivity (Wildman–Crippen MR) is 65.6 cm³/mol. The highest BCUT2D eigenvalue weighted by Gasteiger charge is 2.08. The van der Waals surface area contributed by atoms with Gasteiger partial charge in [-0.25, -0.2) is 0 Å². The van der Waals surface area contributed by atoms with Gasteiger partial charge in [0.15, 0.2) is 0 Å². The Hall–Kier alpha value is -2.07. The van der Waals surface area contributed by atoms with Crippen LogP contribution in [0.25, 0.3) is 11.3 Å². The predicted octanol–water partition coefficient (Wildman–Crippen LogP) is 2.02. The van der Waals surface area contributed by atoms with Crippen LogP contribution < -0.4 is 5.32 Å². The SMILES string of the molecule is COCNC(=O)c1ccc(-c2ccccc2)[nH]1. The molecule has 0 saturated heterocycles. The first-order valence-electron chi connectivity index (χ1n) is 5.33. The molecule has 0 unspecified atom stereocenters. The maximum Gasteiger partial charge on any atom is 0.269 e. The number of hydrogen-bond donors (Lipinski definition) is 2. The second-order valence-electron chi connectivity index (χ2n) is 3.59. The Balaban J connectivity index is 2.14. The van der Waals surface area contributed by atoms with Crippen LogP contribution in [0.1, 0.15) is 10.5 Å². The summed E-state index contributed by atoms with van der Waals surface area (Å²) in [5, 5.41) is 2.62. The summed E-state index contributed by atoms with van der Waals surface area (Å²) in [6, 6.07) is 13.5. The Morgan fingerprint density at radius 2 is 2.00 bits per heavy atom. The molecule has 4 nitrogen and oxygen atoms in total. The van der Waals surface area contributed by atoms with E-state index in [1.54, 1.807) is 6.07 Å². The average Bonchev–Trinajstić information content (AvgIpc) is 2.86. The number of carbonyl (C=O) groups excluding carboxylic acids is 1. The molecule has 4 heteroatoms. The normalized spacial score (nSPS) is 10.2. The van der Waals surface area contributed by atoms with Gasteiger partial charge in [-0.15, -0.1) is 0 Å². The maximum atomic E-state index is 11.6. The van der Waals surface area contributed by atoms with E-state index in [0.717, 1.165) is 11.3 Å². The van der Waals surface area contributed by atoms with E-state index >= 15 is 0 Å². The monoisotopic (exact) mass is 230 g/mol. The molecule has 1 amide bonds. The van der Waals surface area contributed by atoms with Crippen molar-refractivity contribution in [3.8, 4) is 11.3 Å². The van der Waals surface area contributed by atoms with E-state index in [1.807, 2.05) is 36.4 Å². The Morgan fingerprint density at radius 3 is 2.71 bits per heavy atom. The highest BCUT2D eigenvalue weighted by Crippen LogP contribution is 2.17. The molecule has 0 fully saturated rings. The van der Waals surface area contributed by atoms with Crippen molar-refractivity contribution in [3.05, 3.63) is 48.2 Å². The van der Waals surface area contributed by atoms with E-state index in [0.29, 0.717) is 5.69 Å². The standard InChI is InChI=1S/C13H14N2O2/c1-17-9-14-13(16)12-8-7-11(15-12)10-5-3-2-4-6-10/h2-8,15H,9H2,1H3,(H,14,16). The molecule has 2 rings (SSSR count). The van der Waals surface area contributed by atoms with Crippen LogP contribution in [0.15, 0.2) is 42.5 Å². The Kier molecular flexibility index (Phi) is 3.57. The molecular weight excluding hydrogens is 216 g/mol. The number of methoxy groups -OCH3 is 1. The topological polar surface area (TPSA) is 54.1 Å². The van der Waals surface area contributed by atoms with Gasteiger partial charge in [-0.2, -0.15) is 0 Å². The molecule has 17 heavy (non-hydrogen) atoms. The van der Waals surface area contributed by atoms with Gasteiger partial charge in [0.05, 0.1) is 0 Å². The number of H-pyrrole nitrogens is 1. The Morgan fingerprint density at radius 1 is 1.24 bits per heavy atom. The molecule has 2 aromatic rings. The highest BCUT2D eigenvalue weighted by molar-refractivity contribution is 5.93. The van der Waals surface area contributed by atoms with Crippen LogP contribution in [-0.2, 0) is 4.74 Å². The van der Waals surface area contributed by atoms with Gasteiger partial charge < -0.3 is 15.0 Å². The quantitative estimate of drug-likeness (QED) is 0.789. The van der Waals surface area contributed by atoms with Crippen molar-refractivity contribution in [2.24, 2.45) is 0 Å². The van der Waals surface area contributed by atoms with Crippen LogP contribution in [0, 0.1) is 0 Å². The van der Waals surface area contributed by atoms with E-state index in [2.05, 4.69) is 10.3 Å². The first kappa shape index (κ1) is 11.4. The van der Waals surface area contributed by atoms with Crippen LogP contribution in [0.3, 0.4) is 0 Å². The summed E-state index contributed by atoms with van der Waals surface area (Å²) in [6.45, 7) is 0.207. The zero-order chi connectivity index (χ0) is 12.1. The number of nitrogens with one attached hydrogen (secondary N) is 2. The van der Waals surface area contributed by atoms with E-state index in [1.165, 1.54) is 7.11 Å². The van der Waals surface area contributed by atoms with E-state index in [9.17, 15) is 4.79 Å². The lowest BCUT2D eigenvalue weighted by Crippen LogP contribution is -2.25. The smallest absolute Gasteiger partial charge is 0.269 e. The molecule has 88 valence electrons. The molecule has 2 N–H and O–H groups in total. The number of rotatable bonds is 4. The van der Waals surface area contributed by atoms with Crippen molar-refractivity contribution < 1.29 is 9.53 Å². The first-order valence-corrected chi connectivity index (χ1v) is 5.33. The second-order valence-corrected chi connectivity index (χ2v) is 3.59. The summed E-state index contributed by atoms with van der Waals surface area (Å²) < 4.78 is 4.78. The summed E-state index contributed by atoms with van der Waals surface area (Å²) in [7, 11) is 1.53. The molecule has 0 radical (unpaired) electrons. The molecule has 0 aliphatic heterocycles. The molecular formula is C13H14N2O2. The third-order valence-corrected chi connectivity index (χ3v) is 2.39. The van der Waals surface area contributed by atoms with Crippen LogP contribution in [0.4, 0.5) is 0 Å². The zero-order valence-electron chi connectivity index (χ0n) is 9.57. The number of aromatic nitrogens is 1. The van der Waals surface area contributed by atoms with Gasteiger partial charge in [0, 0.05) is 12.8 Å². The van der Waals surface area contributed by atoms with Gasteiger partial charge in [0.25, 0.3) is 5.91 Å². The summed E-state index contributed by atoms with van der Waals surface area (Å²) in [4.78, 5) is 14.7. The summed E-state index contributed by atoms with van der Waals surface area (Å²) in [6.07, 6.45) is 0. The minimum Gasteiger partial charge on any atom is -0.364 e. The molecule has 0 aliphatic rings. The van der Waals surface area contributed by atoms with Crippen molar-refractivity contribution in [3.63, 3.8) is 0 Å². The lowest BCUT2D eigenvalue weighted by molar-refractivity contribution is 0.0868. The van der Waals surface area contributed by atoms with Crippen molar-refractivity contribution in [1.82, 2.24) is 10.3 Å². The lowest BCUT2D eigenvalue weighted by Gasteiger charge is -2.01. The molecule has 0 saturated carbocycles. The number of ether oxygens (including phenoxy) is 1. The Bertz CT molecular complexity index is 491. The molecule has 0 aliphatic carbocycles. The van der Waals surface area contributed by atoms with Crippen LogP contribution in [0.2, 0.25) is 0 Å². The number of aromatic amines is 1. The summed E-state index contributed by atoms with van der Waals surface area (Å²) in [5.74, 6) is -0.172. The summed E-state index contributed by atoms with van der Waals surface area (Å²) in [5.41, 5.74) is 2.51. The minimum absolute atomic E-state index is 0.172. The number of benzene rings is 1. The van der Waals surface area contributed by atoms with Crippen LogP contribution in [-0.4, -0.2) is 24.7 Å². The van der Waals surface area contributed by atoms with Crippen molar-refractivity contribution in [2.45, 2.75) is 0 Å². The van der Waals surface area contributed by atoms with Gasteiger partial charge in [0.2, 0.25) is 0 Å². The number of hydrogen-bond acceptors (Lipinski definition) is 2. The molecule has 0 bridgehead atoms. The summed E-state index contributed by atoms with van der Waals surface area (Å²) >= 11 is 0. The van der Waals surface area contributed by atoms with Gasteiger partial charge in [-0.3, -0.25) is 4.79 Å². The third-order valence-electron chi connectivity index (χ3n) is 2.39. The third kappa shape index (κ3) is 2.73. The fourth-order valence-electron chi connectivity index (χ4n) is 1.55. The van der Waals surface area contributed by atoms with Crippen molar-refractivity contribution in [1.29, 1.82) is 0 Å². The zero-order valence-corrected chi connectivity index (χ0v) is 9.57. The average molecular weight is 230 g/mol. The Labute approximate surface area is 99.6 Å². The molecule has 1 aromatic carbocycles. The number of carbonyl (C=O) groups is 1. The molecule has 1 heterocycles. The van der Waals surface area contributed by atoms with E-state index < -0.39 is 0 Å². The molecule has 0 spiro atoms. The van der Waals surface area contributed by atoms with Crippen molar-refractivity contribution in [2.75, 3.05) is 13.8 Å². The van der Waals surface area contributed by atoms with Gasteiger partial charge in [0.1, 0.15) is 12.4 Å². The molecule has 1 aromatic heterocycles. The maximum absolute atomic E-state index is 11.6. The second kappa shape index (κ2) is 5.32.